The average Bonchev–Trinajstić information content (AvgIpc) is 2.45. The summed E-state index contributed by atoms with van der Waals surface area (Å²) in [7, 11) is 0. The summed E-state index contributed by atoms with van der Waals surface area (Å²) in [6.07, 6.45) is 3.69. The van der Waals surface area contributed by atoms with Gasteiger partial charge < -0.3 is 0 Å². The van der Waals surface area contributed by atoms with Gasteiger partial charge in [0.1, 0.15) is 5.78 Å². The van der Waals surface area contributed by atoms with Crippen LogP contribution in [0.3, 0.4) is 0 Å². The number of rotatable bonds is 5. The van der Waals surface area contributed by atoms with E-state index in [1.807, 2.05) is 38.1 Å². The molecule has 1 aromatic rings. The van der Waals surface area contributed by atoms with Crippen molar-refractivity contribution >= 4 is 40.6 Å². The lowest BCUT2D eigenvalue weighted by molar-refractivity contribution is -0.118. The zero-order valence-corrected chi connectivity index (χ0v) is 14.9. The van der Waals surface area contributed by atoms with Gasteiger partial charge in [-0.25, -0.2) is 0 Å². The maximum atomic E-state index is 10.6. The largest absolute Gasteiger partial charge is 0.300 e. The standard InChI is InChI=1S/C7H7Cl.C7H14O.C2H4Cl2/c1-6-3-2-4-7(8)5-6;1-3-5-6-7(8)4-2;3-1-2-4/h2-5H,1H3;3-6H2,1-2H3;1-2H2. The number of hydrogen-bond acceptors (Lipinski definition) is 1. The third-order valence-electron chi connectivity index (χ3n) is 2.26. The van der Waals surface area contributed by atoms with Crippen molar-refractivity contribution in [2.24, 2.45) is 0 Å². The lowest BCUT2D eigenvalue weighted by Gasteiger charge is -1.91. The van der Waals surface area contributed by atoms with E-state index in [4.69, 9.17) is 34.8 Å². The highest BCUT2D eigenvalue weighted by molar-refractivity contribution is 6.30. The van der Waals surface area contributed by atoms with Crippen LogP contribution in [-0.2, 0) is 4.79 Å². The zero-order valence-electron chi connectivity index (χ0n) is 12.6. The van der Waals surface area contributed by atoms with E-state index in [1.54, 1.807) is 0 Å². The number of benzene rings is 1. The molecule has 0 heterocycles. The minimum absolute atomic E-state index is 0.395. The Morgan fingerprint density at radius 1 is 1.15 bits per heavy atom. The molecule has 0 atom stereocenters. The molecular formula is C16H25Cl3O. The molecule has 0 spiro atoms. The van der Waals surface area contributed by atoms with Gasteiger partial charge in [0.25, 0.3) is 0 Å². The summed E-state index contributed by atoms with van der Waals surface area (Å²) in [6, 6.07) is 7.76. The molecule has 0 amide bonds. The van der Waals surface area contributed by atoms with Gasteiger partial charge in [-0.3, -0.25) is 4.79 Å². The van der Waals surface area contributed by atoms with Crippen molar-refractivity contribution in [3.8, 4) is 0 Å². The SMILES string of the molecule is CCCCC(=O)CC.Cc1cccc(Cl)c1.ClCCCl. The molecule has 1 aromatic carbocycles. The fraction of sp³-hybridized carbons (Fsp3) is 0.562. The summed E-state index contributed by atoms with van der Waals surface area (Å²) < 4.78 is 0. The van der Waals surface area contributed by atoms with E-state index in [2.05, 4.69) is 6.92 Å². The van der Waals surface area contributed by atoms with E-state index >= 15 is 0 Å². The predicted molar refractivity (Wildman–Crippen MR) is 92.5 cm³/mol. The maximum absolute atomic E-state index is 10.6. The lowest BCUT2D eigenvalue weighted by Crippen LogP contribution is -1.92. The second-order valence-electron chi connectivity index (χ2n) is 4.17. The van der Waals surface area contributed by atoms with Crippen LogP contribution in [0.5, 0.6) is 0 Å². The number of hydrogen-bond donors (Lipinski definition) is 0. The third kappa shape index (κ3) is 17.8. The summed E-state index contributed by atoms with van der Waals surface area (Å²) >= 11 is 15.8. The smallest absolute Gasteiger partial charge is 0.132 e. The van der Waals surface area contributed by atoms with E-state index in [0.29, 0.717) is 24.0 Å². The molecule has 116 valence electrons. The highest BCUT2D eigenvalue weighted by Crippen LogP contribution is 2.08. The Hall–Kier alpha value is -0.240. The molecule has 0 aliphatic rings. The number of halogens is 3. The minimum Gasteiger partial charge on any atom is -0.300 e. The Labute approximate surface area is 138 Å². The predicted octanol–water partition coefficient (Wildman–Crippen LogP) is 6.27. The molecule has 0 aliphatic carbocycles. The maximum Gasteiger partial charge on any atom is 0.132 e. The van der Waals surface area contributed by atoms with Gasteiger partial charge in [0, 0.05) is 29.6 Å². The van der Waals surface area contributed by atoms with Crippen LogP contribution >= 0.6 is 34.8 Å². The van der Waals surface area contributed by atoms with Crippen LogP contribution in [-0.4, -0.2) is 17.5 Å². The Bertz CT molecular complexity index is 321. The molecule has 0 fully saturated rings. The van der Waals surface area contributed by atoms with Crippen molar-refractivity contribution in [3.05, 3.63) is 34.9 Å². The van der Waals surface area contributed by atoms with Gasteiger partial charge in [-0.2, -0.15) is 0 Å². The summed E-state index contributed by atoms with van der Waals surface area (Å²) in [4.78, 5) is 10.6. The molecule has 1 nitrogen and oxygen atoms in total. The van der Waals surface area contributed by atoms with Gasteiger partial charge in [-0.05, 0) is 31.0 Å². The third-order valence-corrected chi connectivity index (χ3v) is 3.06. The first kappa shape index (κ1) is 22.0. The molecule has 0 N–H and O–H groups in total. The van der Waals surface area contributed by atoms with Gasteiger partial charge in [0.2, 0.25) is 0 Å². The highest BCUT2D eigenvalue weighted by atomic mass is 35.5. The Morgan fingerprint density at radius 2 is 1.75 bits per heavy atom. The number of alkyl halides is 2. The van der Waals surface area contributed by atoms with Crippen molar-refractivity contribution in [3.63, 3.8) is 0 Å². The van der Waals surface area contributed by atoms with E-state index in [-0.39, 0.29) is 0 Å². The first-order valence-corrected chi connectivity index (χ1v) is 8.32. The molecular weight excluding hydrogens is 315 g/mol. The van der Waals surface area contributed by atoms with Crippen molar-refractivity contribution in [1.82, 2.24) is 0 Å². The molecule has 20 heavy (non-hydrogen) atoms. The molecule has 0 radical (unpaired) electrons. The summed E-state index contributed by atoms with van der Waals surface area (Å²) in [5.41, 5.74) is 1.21. The van der Waals surface area contributed by atoms with E-state index in [1.165, 1.54) is 5.56 Å². The highest BCUT2D eigenvalue weighted by Gasteiger charge is 1.93. The normalized spacial score (nSPS) is 8.90. The van der Waals surface area contributed by atoms with Crippen molar-refractivity contribution in [2.45, 2.75) is 46.5 Å². The number of ketones is 1. The molecule has 4 heteroatoms. The zero-order chi connectivity index (χ0) is 15.8. The van der Waals surface area contributed by atoms with Crippen LogP contribution in [0.1, 0.15) is 45.1 Å². The van der Waals surface area contributed by atoms with Gasteiger partial charge >= 0.3 is 0 Å². The van der Waals surface area contributed by atoms with Gasteiger partial charge in [0.15, 0.2) is 0 Å². The molecule has 0 saturated heterocycles. The van der Waals surface area contributed by atoms with Crippen LogP contribution in [0.2, 0.25) is 5.02 Å². The number of carbonyl (C=O) groups excluding carboxylic acids is 1. The number of aryl methyl sites for hydroxylation is 1. The molecule has 0 bridgehead atoms. The van der Waals surface area contributed by atoms with Crippen LogP contribution in [0.4, 0.5) is 0 Å². The Morgan fingerprint density at radius 3 is 2.05 bits per heavy atom. The van der Waals surface area contributed by atoms with Crippen molar-refractivity contribution in [2.75, 3.05) is 11.8 Å². The van der Waals surface area contributed by atoms with Gasteiger partial charge in [0.05, 0.1) is 0 Å². The Balaban J connectivity index is 0. The van der Waals surface area contributed by atoms with Crippen LogP contribution in [0.25, 0.3) is 0 Å². The average molecular weight is 340 g/mol. The molecule has 0 saturated carbocycles. The van der Waals surface area contributed by atoms with Gasteiger partial charge in [-0.1, -0.05) is 44.0 Å². The van der Waals surface area contributed by atoms with E-state index < -0.39 is 0 Å². The molecule has 1 rings (SSSR count). The molecule has 0 unspecified atom stereocenters. The molecule has 0 aliphatic heterocycles. The fourth-order valence-corrected chi connectivity index (χ4v) is 1.40. The minimum atomic E-state index is 0.395. The second-order valence-corrected chi connectivity index (χ2v) is 5.37. The summed E-state index contributed by atoms with van der Waals surface area (Å²) in [5.74, 6) is 1.51. The topological polar surface area (TPSA) is 17.1 Å². The molecule has 0 aromatic heterocycles. The van der Waals surface area contributed by atoms with Crippen molar-refractivity contribution < 1.29 is 4.79 Å². The second kappa shape index (κ2) is 16.8. The fourth-order valence-electron chi connectivity index (χ4n) is 1.16. The lowest BCUT2D eigenvalue weighted by atomic mass is 10.1. The van der Waals surface area contributed by atoms with Crippen molar-refractivity contribution in [1.29, 1.82) is 0 Å². The summed E-state index contributed by atoms with van der Waals surface area (Å²) in [5, 5.41) is 0.810. The Kier molecular flexibility index (Phi) is 18.5. The van der Waals surface area contributed by atoms with Crippen LogP contribution < -0.4 is 0 Å². The quantitative estimate of drug-likeness (QED) is 0.578. The van der Waals surface area contributed by atoms with Crippen LogP contribution in [0.15, 0.2) is 24.3 Å². The van der Waals surface area contributed by atoms with E-state index in [0.717, 1.165) is 24.3 Å². The van der Waals surface area contributed by atoms with Gasteiger partial charge in [-0.15, -0.1) is 23.2 Å². The number of carbonyl (C=O) groups is 1. The summed E-state index contributed by atoms with van der Waals surface area (Å²) in [6.45, 7) is 6.03. The van der Waals surface area contributed by atoms with E-state index in [9.17, 15) is 4.79 Å². The first-order valence-electron chi connectivity index (χ1n) is 6.87. The first-order chi connectivity index (χ1) is 9.51. The number of Topliss-reactive ketones (excluding diaryl/α,β-unsaturated/α-hetero) is 1. The number of unbranched alkanes of at least 4 members (excludes halogenated alkanes) is 1. The monoisotopic (exact) mass is 338 g/mol. The van der Waals surface area contributed by atoms with Crippen LogP contribution in [0, 0.1) is 6.92 Å².